The second-order valence-corrected chi connectivity index (χ2v) is 5.36. The lowest BCUT2D eigenvalue weighted by molar-refractivity contribution is 0.0964. The van der Waals surface area contributed by atoms with Crippen molar-refractivity contribution in [3.05, 3.63) is 46.8 Å². The molecule has 0 atom stereocenters. The summed E-state index contributed by atoms with van der Waals surface area (Å²) in [6.07, 6.45) is 2.19. The summed E-state index contributed by atoms with van der Waals surface area (Å²) in [5.41, 5.74) is 2.31. The maximum Gasteiger partial charge on any atom is 0.277 e. The second-order valence-electron chi connectivity index (χ2n) is 5.36. The quantitative estimate of drug-likeness (QED) is 0.903. The van der Waals surface area contributed by atoms with Crippen molar-refractivity contribution in [3.8, 4) is 0 Å². The summed E-state index contributed by atoms with van der Waals surface area (Å²) in [5, 5.41) is 9.35. The van der Waals surface area contributed by atoms with Crippen LogP contribution in [0.1, 0.15) is 50.9 Å². The number of hydrogen-bond donors (Lipinski definition) is 2. The van der Waals surface area contributed by atoms with Crippen LogP contribution in [0.3, 0.4) is 0 Å². The van der Waals surface area contributed by atoms with Crippen LogP contribution in [-0.4, -0.2) is 17.0 Å². The fourth-order valence-corrected chi connectivity index (χ4v) is 2.51. The van der Waals surface area contributed by atoms with E-state index in [1.807, 2.05) is 0 Å². The monoisotopic (exact) mass is 283 g/mol. The zero-order chi connectivity index (χ0) is 14.4. The van der Waals surface area contributed by atoms with E-state index in [-0.39, 0.29) is 17.5 Å². The van der Waals surface area contributed by atoms with Crippen LogP contribution in [0.2, 0.25) is 0 Å². The predicted octanol–water partition coefficient (Wildman–Crippen LogP) is 2.05. The number of benzene rings is 1. The summed E-state index contributed by atoms with van der Waals surface area (Å²) in [6.45, 7) is 0.427. The van der Waals surface area contributed by atoms with Crippen molar-refractivity contribution >= 4 is 17.5 Å². The topological polar surface area (TPSA) is 84.2 Å². The number of fused-ring (bicyclic) bond motifs is 1. The van der Waals surface area contributed by atoms with Crippen molar-refractivity contribution in [2.75, 3.05) is 5.32 Å². The molecule has 4 rings (SSSR count). The van der Waals surface area contributed by atoms with Gasteiger partial charge in [0.05, 0.1) is 0 Å². The minimum Gasteiger partial charge on any atom is -0.360 e. The number of carbonyl (C=O) groups excluding carboxylic acids is 2. The van der Waals surface area contributed by atoms with Crippen molar-refractivity contribution in [3.63, 3.8) is 0 Å². The normalized spacial score (nSPS) is 16.5. The molecule has 1 aliphatic carbocycles. The average Bonchev–Trinajstić information content (AvgIpc) is 3.09. The third-order valence-corrected chi connectivity index (χ3v) is 3.84. The van der Waals surface area contributed by atoms with Crippen molar-refractivity contribution in [1.82, 2.24) is 10.5 Å². The van der Waals surface area contributed by atoms with Crippen LogP contribution in [0.5, 0.6) is 0 Å². The number of anilines is 1. The summed E-state index contributed by atoms with van der Waals surface area (Å²) in [6, 6.07) is 6.96. The van der Waals surface area contributed by atoms with Gasteiger partial charge >= 0.3 is 0 Å². The molecule has 1 saturated carbocycles. The van der Waals surface area contributed by atoms with Gasteiger partial charge in [-0.15, -0.1) is 0 Å². The Kier molecular flexibility index (Phi) is 2.57. The van der Waals surface area contributed by atoms with Gasteiger partial charge in [0.25, 0.3) is 11.8 Å². The number of hydrogen-bond acceptors (Lipinski definition) is 4. The Bertz CT molecular complexity index is 746. The number of rotatable bonds is 3. The van der Waals surface area contributed by atoms with Crippen LogP contribution in [0, 0.1) is 0 Å². The third-order valence-electron chi connectivity index (χ3n) is 3.84. The molecule has 2 amide bonds. The largest absolute Gasteiger partial charge is 0.360 e. The number of aromatic nitrogens is 1. The number of nitrogens with one attached hydrogen (secondary N) is 2. The highest BCUT2D eigenvalue weighted by molar-refractivity contribution is 6.06. The molecule has 1 fully saturated rings. The Morgan fingerprint density at radius 3 is 3.05 bits per heavy atom. The SMILES string of the molecule is O=C(Nc1cccc2c1CNC2=O)c1cc(C2CC2)on1. The standard InChI is InChI=1S/C15H13N3O3/c19-14-9-2-1-3-11(10(9)7-16-14)17-15(20)12-6-13(21-18-12)8-4-5-8/h1-3,6,8H,4-5,7H2,(H,16,19)(H,17,20). The Labute approximate surface area is 120 Å². The van der Waals surface area contributed by atoms with Crippen LogP contribution < -0.4 is 10.6 Å². The van der Waals surface area contributed by atoms with Gasteiger partial charge in [0.2, 0.25) is 0 Å². The van der Waals surface area contributed by atoms with Gasteiger partial charge in [-0.1, -0.05) is 11.2 Å². The molecule has 6 heteroatoms. The molecular weight excluding hydrogens is 270 g/mol. The number of nitrogens with zero attached hydrogens (tertiary/aromatic N) is 1. The first kappa shape index (κ1) is 12.1. The van der Waals surface area contributed by atoms with Crippen LogP contribution in [0.15, 0.2) is 28.8 Å². The lowest BCUT2D eigenvalue weighted by atomic mass is 10.1. The van der Waals surface area contributed by atoms with E-state index in [2.05, 4.69) is 15.8 Å². The minimum atomic E-state index is -0.321. The fraction of sp³-hybridized carbons (Fsp3) is 0.267. The van der Waals surface area contributed by atoms with E-state index in [0.29, 0.717) is 23.7 Å². The maximum atomic E-state index is 12.2. The van der Waals surface area contributed by atoms with Crippen LogP contribution in [0.4, 0.5) is 5.69 Å². The third kappa shape index (κ3) is 2.08. The lowest BCUT2D eigenvalue weighted by Gasteiger charge is -2.07. The molecule has 0 unspecified atom stereocenters. The smallest absolute Gasteiger partial charge is 0.277 e. The maximum absolute atomic E-state index is 12.2. The van der Waals surface area contributed by atoms with E-state index in [4.69, 9.17) is 4.52 Å². The molecule has 2 aromatic rings. The molecule has 0 saturated heterocycles. The van der Waals surface area contributed by atoms with Crippen LogP contribution in [-0.2, 0) is 6.54 Å². The van der Waals surface area contributed by atoms with Gasteiger partial charge < -0.3 is 15.2 Å². The molecule has 0 bridgehead atoms. The second kappa shape index (κ2) is 4.44. The molecule has 0 radical (unpaired) electrons. The first-order chi connectivity index (χ1) is 10.2. The molecule has 1 aliphatic heterocycles. The Morgan fingerprint density at radius 2 is 2.24 bits per heavy atom. The van der Waals surface area contributed by atoms with Gasteiger partial charge in [-0.25, -0.2) is 0 Å². The summed E-state index contributed by atoms with van der Waals surface area (Å²) in [7, 11) is 0. The van der Waals surface area contributed by atoms with E-state index in [9.17, 15) is 9.59 Å². The van der Waals surface area contributed by atoms with Gasteiger partial charge in [-0.3, -0.25) is 9.59 Å². The van der Waals surface area contributed by atoms with Crippen molar-refractivity contribution in [2.45, 2.75) is 25.3 Å². The van der Waals surface area contributed by atoms with Gasteiger partial charge in [0.15, 0.2) is 5.69 Å². The Balaban J connectivity index is 1.58. The number of amides is 2. The molecule has 106 valence electrons. The van der Waals surface area contributed by atoms with E-state index >= 15 is 0 Å². The molecule has 1 aromatic carbocycles. The van der Waals surface area contributed by atoms with Crippen LogP contribution >= 0.6 is 0 Å². The van der Waals surface area contributed by atoms with Gasteiger partial charge in [0, 0.05) is 35.3 Å². The zero-order valence-electron chi connectivity index (χ0n) is 11.2. The van der Waals surface area contributed by atoms with Gasteiger partial charge in [0.1, 0.15) is 5.76 Å². The van der Waals surface area contributed by atoms with Crippen molar-refractivity contribution in [2.24, 2.45) is 0 Å². The predicted molar refractivity (Wildman–Crippen MR) is 74.0 cm³/mol. The van der Waals surface area contributed by atoms with Gasteiger partial charge in [-0.05, 0) is 25.0 Å². The van der Waals surface area contributed by atoms with Crippen molar-refractivity contribution < 1.29 is 14.1 Å². The molecule has 6 nitrogen and oxygen atoms in total. The fourth-order valence-electron chi connectivity index (χ4n) is 2.51. The highest BCUT2D eigenvalue weighted by Gasteiger charge is 2.29. The summed E-state index contributed by atoms with van der Waals surface area (Å²) < 4.78 is 5.18. The molecule has 21 heavy (non-hydrogen) atoms. The minimum absolute atomic E-state index is 0.112. The Hall–Kier alpha value is -2.63. The molecule has 2 aliphatic rings. The van der Waals surface area contributed by atoms with E-state index in [0.717, 1.165) is 24.2 Å². The molecule has 2 N–H and O–H groups in total. The van der Waals surface area contributed by atoms with E-state index in [1.165, 1.54) is 0 Å². The summed E-state index contributed by atoms with van der Waals surface area (Å²) in [5.74, 6) is 0.758. The molecule has 0 spiro atoms. The van der Waals surface area contributed by atoms with Gasteiger partial charge in [-0.2, -0.15) is 0 Å². The van der Waals surface area contributed by atoms with Crippen LogP contribution in [0.25, 0.3) is 0 Å². The summed E-state index contributed by atoms with van der Waals surface area (Å²) in [4.78, 5) is 23.8. The lowest BCUT2D eigenvalue weighted by Crippen LogP contribution is -2.14. The first-order valence-electron chi connectivity index (χ1n) is 6.90. The summed E-state index contributed by atoms with van der Waals surface area (Å²) >= 11 is 0. The van der Waals surface area contributed by atoms with Crippen molar-refractivity contribution in [1.29, 1.82) is 0 Å². The number of carbonyl (C=O) groups is 2. The van der Waals surface area contributed by atoms with E-state index in [1.54, 1.807) is 24.3 Å². The average molecular weight is 283 g/mol. The zero-order valence-corrected chi connectivity index (χ0v) is 11.2. The highest BCUT2D eigenvalue weighted by atomic mass is 16.5. The molecule has 1 aromatic heterocycles. The molecular formula is C15H13N3O3. The highest BCUT2D eigenvalue weighted by Crippen LogP contribution is 2.40. The van der Waals surface area contributed by atoms with E-state index < -0.39 is 0 Å². The first-order valence-corrected chi connectivity index (χ1v) is 6.90. The Morgan fingerprint density at radius 1 is 1.38 bits per heavy atom. The molecule has 2 heterocycles.